The zero-order chi connectivity index (χ0) is 21.0. The molecular formula is C23H29F2N3O2. The first-order valence-electron chi connectivity index (χ1n) is 10.6. The van der Waals surface area contributed by atoms with E-state index in [1.54, 1.807) is 6.20 Å². The third kappa shape index (κ3) is 5.74. The number of piperidine rings is 1. The van der Waals surface area contributed by atoms with Gasteiger partial charge < -0.3 is 9.84 Å². The van der Waals surface area contributed by atoms with Crippen molar-refractivity contribution in [1.29, 1.82) is 0 Å². The predicted molar refractivity (Wildman–Crippen MR) is 110 cm³/mol. The molecule has 1 unspecified atom stereocenters. The molecule has 0 bridgehead atoms. The van der Waals surface area contributed by atoms with Crippen LogP contribution in [0, 0.1) is 0 Å². The number of rotatable bonds is 7. The molecule has 0 saturated carbocycles. The van der Waals surface area contributed by atoms with Gasteiger partial charge in [0, 0.05) is 58.3 Å². The van der Waals surface area contributed by atoms with Crippen molar-refractivity contribution in [3.8, 4) is 5.75 Å². The average Bonchev–Trinajstić information content (AvgIpc) is 3.10. The number of likely N-dealkylation sites (tertiary alicyclic amines) is 2. The molecule has 0 aliphatic carbocycles. The predicted octanol–water partition coefficient (Wildman–Crippen LogP) is 3.33. The highest BCUT2D eigenvalue weighted by molar-refractivity contribution is 5.27. The summed E-state index contributed by atoms with van der Waals surface area (Å²) in [7, 11) is 0. The van der Waals surface area contributed by atoms with Crippen molar-refractivity contribution in [2.24, 2.45) is 0 Å². The van der Waals surface area contributed by atoms with Crippen LogP contribution in [0.2, 0.25) is 0 Å². The van der Waals surface area contributed by atoms with E-state index < -0.39 is 11.5 Å². The molecule has 2 fully saturated rings. The second-order valence-corrected chi connectivity index (χ2v) is 8.57. The van der Waals surface area contributed by atoms with Crippen LogP contribution in [0.1, 0.15) is 30.5 Å². The minimum atomic E-state index is -2.55. The number of pyridine rings is 1. The van der Waals surface area contributed by atoms with E-state index in [4.69, 9.17) is 4.74 Å². The molecule has 2 aromatic rings. The van der Waals surface area contributed by atoms with Gasteiger partial charge in [-0.2, -0.15) is 0 Å². The lowest BCUT2D eigenvalue weighted by Crippen LogP contribution is -2.49. The fourth-order valence-electron chi connectivity index (χ4n) is 4.25. The molecule has 0 spiro atoms. The number of alkyl halides is 2. The SMILES string of the molecule is OC1(CN2CCC(F)(F)CC2)CCN(Cc2ccc(OCc3ccccn3)cc2)C1. The highest BCUT2D eigenvalue weighted by atomic mass is 19.3. The van der Waals surface area contributed by atoms with Gasteiger partial charge in [-0.05, 0) is 36.2 Å². The lowest BCUT2D eigenvalue weighted by Gasteiger charge is -2.36. The number of benzene rings is 1. The Hall–Kier alpha value is -2.09. The highest BCUT2D eigenvalue weighted by Crippen LogP contribution is 2.30. The molecule has 162 valence electrons. The molecule has 0 radical (unpaired) electrons. The summed E-state index contributed by atoms with van der Waals surface area (Å²) in [5, 5.41) is 10.9. The van der Waals surface area contributed by atoms with E-state index in [1.807, 2.05) is 47.4 Å². The maximum absolute atomic E-state index is 13.3. The van der Waals surface area contributed by atoms with Crippen molar-refractivity contribution >= 4 is 0 Å². The molecule has 1 atom stereocenters. The van der Waals surface area contributed by atoms with Crippen molar-refractivity contribution in [3.63, 3.8) is 0 Å². The summed E-state index contributed by atoms with van der Waals surface area (Å²) in [4.78, 5) is 8.45. The lowest BCUT2D eigenvalue weighted by molar-refractivity contribution is -0.0724. The van der Waals surface area contributed by atoms with Gasteiger partial charge >= 0.3 is 0 Å². The summed E-state index contributed by atoms with van der Waals surface area (Å²) in [6.45, 7) is 3.74. The number of hydrogen-bond donors (Lipinski definition) is 1. The van der Waals surface area contributed by atoms with Crippen LogP contribution in [0.3, 0.4) is 0 Å². The molecule has 2 saturated heterocycles. The van der Waals surface area contributed by atoms with E-state index in [1.165, 1.54) is 0 Å². The summed E-state index contributed by atoms with van der Waals surface area (Å²) in [6.07, 6.45) is 2.20. The van der Waals surface area contributed by atoms with Crippen LogP contribution in [0.4, 0.5) is 8.78 Å². The summed E-state index contributed by atoms with van der Waals surface area (Å²) < 4.78 is 32.5. The largest absolute Gasteiger partial charge is 0.487 e. The van der Waals surface area contributed by atoms with Crippen LogP contribution in [-0.4, -0.2) is 64.1 Å². The first kappa shape index (κ1) is 21.2. The van der Waals surface area contributed by atoms with Gasteiger partial charge in [-0.15, -0.1) is 0 Å². The summed E-state index contributed by atoms with van der Waals surface area (Å²) in [5.41, 5.74) is 1.22. The molecule has 1 aromatic carbocycles. The van der Waals surface area contributed by atoms with Crippen molar-refractivity contribution in [2.75, 3.05) is 32.7 Å². The Balaban J connectivity index is 1.24. The average molecular weight is 418 g/mol. The van der Waals surface area contributed by atoms with E-state index in [9.17, 15) is 13.9 Å². The fourth-order valence-corrected chi connectivity index (χ4v) is 4.25. The van der Waals surface area contributed by atoms with Crippen molar-refractivity contribution in [3.05, 3.63) is 59.9 Å². The minimum absolute atomic E-state index is 0.110. The highest BCUT2D eigenvalue weighted by Gasteiger charge is 2.40. The zero-order valence-corrected chi connectivity index (χ0v) is 17.1. The number of aromatic nitrogens is 1. The van der Waals surface area contributed by atoms with E-state index in [-0.39, 0.29) is 12.8 Å². The Morgan fingerprint density at radius 3 is 2.40 bits per heavy atom. The van der Waals surface area contributed by atoms with Crippen LogP contribution in [-0.2, 0) is 13.2 Å². The van der Waals surface area contributed by atoms with Crippen LogP contribution in [0.15, 0.2) is 48.7 Å². The second kappa shape index (κ2) is 8.96. The molecule has 1 N–H and O–H groups in total. The fraction of sp³-hybridized carbons (Fsp3) is 0.522. The van der Waals surface area contributed by atoms with E-state index in [0.29, 0.717) is 39.2 Å². The van der Waals surface area contributed by atoms with Crippen LogP contribution >= 0.6 is 0 Å². The van der Waals surface area contributed by atoms with Gasteiger partial charge in [0.05, 0.1) is 11.3 Å². The van der Waals surface area contributed by atoms with Gasteiger partial charge in [0.1, 0.15) is 12.4 Å². The van der Waals surface area contributed by atoms with Crippen LogP contribution in [0.25, 0.3) is 0 Å². The quantitative estimate of drug-likeness (QED) is 0.749. The first-order chi connectivity index (χ1) is 14.4. The van der Waals surface area contributed by atoms with Crippen molar-refractivity contribution in [1.82, 2.24) is 14.8 Å². The Kier molecular flexibility index (Phi) is 6.32. The van der Waals surface area contributed by atoms with E-state index in [2.05, 4.69) is 9.88 Å². The Bertz CT molecular complexity index is 809. The molecule has 3 heterocycles. The second-order valence-electron chi connectivity index (χ2n) is 8.57. The number of β-amino-alcohol motifs (C(OH)–C–C–N with tert-alkyl or cyclic N) is 1. The molecule has 5 nitrogen and oxygen atoms in total. The molecule has 2 aliphatic rings. The molecule has 1 aromatic heterocycles. The lowest BCUT2D eigenvalue weighted by atomic mass is 10.00. The van der Waals surface area contributed by atoms with Gasteiger partial charge in [0.2, 0.25) is 0 Å². The summed E-state index contributed by atoms with van der Waals surface area (Å²) in [6, 6.07) is 13.7. The van der Waals surface area contributed by atoms with Gasteiger partial charge in [-0.1, -0.05) is 18.2 Å². The maximum Gasteiger partial charge on any atom is 0.250 e. The van der Waals surface area contributed by atoms with Crippen LogP contribution in [0.5, 0.6) is 5.75 Å². The van der Waals surface area contributed by atoms with E-state index in [0.717, 1.165) is 30.1 Å². The number of hydrogen-bond acceptors (Lipinski definition) is 5. The molecule has 30 heavy (non-hydrogen) atoms. The third-order valence-corrected chi connectivity index (χ3v) is 5.96. The number of aliphatic hydroxyl groups is 1. The molecule has 0 amide bonds. The van der Waals surface area contributed by atoms with E-state index >= 15 is 0 Å². The normalized spacial score (nSPS) is 24.8. The van der Waals surface area contributed by atoms with Gasteiger partial charge in [-0.25, -0.2) is 8.78 Å². The Labute approximate surface area is 176 Å². The zero-order valence-electron chi connectivity index (χ0n) is 17.1. The number of nitrogens with zero attached hydrogens (tertiary/aromatic N) is 3. The molecule has 2 aliphatic heterocycles. The molecule has 7 heteroatoms. The summed E-state index contributed by atoms with van der Waals surface area (Å²) >= 11 is 0. The minimum Gasteiger partial charge on any atom is -0.487 e. The smallest absolute Gasteiger partial charge is 0.250 e. The topological polar surface area (TPSA) is 48.8 Å². The third-order valence-electron chi connectivity index (χ3n) is 5.96. The Morgan fingerprint density at radius 1 is 0.967 bits per heavy atom. The van der Waals surface area contributed by atoms with Crippen molar-refractivity contribution < 1.29 is 18.6 Å². The summed E-state index contributed by atoms with van der Waals surface area (Å²) in [5.74, 6) is -1.75. The van der Waals surface area contributed by atoms with Gasteiger partial charge in [0.15, 0.2) is 0 Å². The molecule has 4 rings (SSSR count). The number of ether oxygens (including phenoxy) is 1. The van der Waals surface area contributed by atoms with Crippen molar-refractivity contribution in [2.45, 2.75) is 43.9 Å². The molecular weight excluding hydrogens is 388 g/mol. The number of halogens is 2. The van der Waals surface area contributed by atoms with Gasteiger partial charge in [0.25, 0.3) is 5.92 Å². The Morgan fingerprint density at radius 2 is 1.70 bits per heavy atom. The first-order valence-corrected chi connectivity index (χ1v) is 10.6. The standard InChI is InChI=1S/C23H29F2N3O2/c24-23(25)9-13-27(14-10-23)17-22(29)8-12-28(18-22)15-19-4-6-21(7-5-19)30-16-20-3-1-2-11-26-20/h1-7,11,29H,8-10,12-18H2. The monoisotopic (exact) mass is 417 g/mol. The maximum atomic E-state index is 13.3. The van der Waals surface area contributed by atoms with Gasteiger partial charge in [-0.3, -0.25) is 14.8 Å². The van der Waals surface area contributed by atoms with Crippen LogP contribution < -0.4 is 4.74 Å².